The van der Waals surface area contributed by atoms with E-state index in [1.165, 1.54) is 0 Å². The van der Waals surface area contributed by atoms with Crippen LogP contribution in [0, 0.1) is 18.3 Å². The van der Waals surface area contributed by atoms with Gasteiger partial charge in [0, 0.05) is 32.5 Å². The van der Waals surface area contributed by atoms with E-state index in [9.17, 15) is 18.4 Å². The molecule has 1 aliphatic carbocycles. The Morgan fingerprint density at radius 3 is 2.76 bits per heavy atom. The zero-order valence-corrected chi connectivity index (χ0v) is 21.0. The molecule has 3 aromatic heterocycles. The Hall–Kier alpha value is -3.64. The third-order valence-electron chi connectivity index (χ3n) is 7.10. The van der Waals surface area contributed by atoms with Crippen molar-refractivity contribution in [2.75, 3.05) is 13.1 Å². The number of hydrogen-bond donors (Lipinski definition) is 2. The molecule has 0 bridgehead atoms. The second-order valence-electron chi connectivity index (χ2n) is 10.9. The third kappa shape index (κ3) is 5.39. The van der Waals surface area contributed by atoms with Crippen molar-refractivity contribution in [3.05, 3.63) is 41.1 Å². The van der Waals surface area contributed by atoms with Gasteiger partial charge in [0.15, 0.2) is 11.3 Å². The molecule has 13 heteroatoms. The van der Waals surface area contributed by atoms with E-state index >= 15 is 0 Å². The van der Waals surface area contributed by atoms with Crippen LogP contribution in [-0.2, 0) is 6.54 Å². The molecule has 1 aliphatic heterocycles. The fourth-order valence-corrected chi connectivity index (χ4v) is 5.07. The second kappa shape index (κ2) is 9.34. The van der Waals surface area contributed by atoms with E-state index in [4.69, 9.17) is 4.98 Å². The molecule has 3 aromatic rings. The van der Waals surface area contributed by atoms with E-state index < -0.39 is 17.9 Å². The van der Waals surface area contributed by atoms with Crippen molar-refractivity contribution in [1.82, 2.24) is 40.4 Å². The summed E-state index contributed by atoms with van der Waals surface area (Å²) >= 11 is 0. The Bertz CT molecular complexity index is 1310. The summed E-state index contributed by atoms with van der Waals surface area (Å²) in [7, 11) is 0. The molecule has 0 radical (unpaired) electrons. The predicted octanol–water partition coefficient (Wildman–Crippen LogP) is 3.27. The van der Waals surface area contributed by atoms with E-state index in [1.807, 2.05) is 6.07 Å². The maximum Gasteiger partial charge on any atom is 0.317 e. The van der Waals surface area contributed by atoms with Gasteiger partial charge in [-0.1, -0.05) is 19.0 Å². The molecular weight excluding hydrogens is 486 g/mol. The van der Waals surface area contributed by atoms with Gasteiger partial charge in [-0.25, -0.2) is 27.7 Å². The van der Waals surface area contributed by atoms with Gasteiger partial charge in [-0.3, -0.25) is 4.79 Å². The maximum atomic E-state index is 13.9. The van der Waals surface area contributed by atoms with Crippen LogP contribution < -0.4 is 10.6 Å². The summed E-state index contributed by atoms with van der Waals surface area (Å²) in [5, 5.41) is 17.6. The maximum absolute atomic E-state index is 13.9. The van der Waals surface area contributed by atoms with Crippen LogP contribution in [0.15, 0.2) is 23.1 Å². The third-order valence-corrected chi connectivity index (χ3v) is 7.10. The molecule has 2 fully saturated rings. The van der Waals surface area contributed by atoms with Gasteiger partial charge in [0.1, 0.15) is 5.69 Å². The number of hydrogen-bond acceptors (Lipinski definition) is 7. The molecule has 0 unspecified atom stereocenters. The van der Waals surface area contributed by atoms with E-state index in [2.05, 4.69) is 44.5 Å². The van der Waals surface area contributed by atoms with Gasteiger partial charge in [0.2, 0.25) is 5.92 Å². The summed E-state index contributed by atoms with van der Waals surface area (Å²) in [4.78, 5) is 31.7. The first kappa shape index (κ1) is 25.0. The molecule has 2 N–H and O–H groups in total. The van der Waals surface area contributed by atoms with Crippen molar-refractivity contribution in [1.29, 1.82) is 0 Å². The van der Waals surface area contributed by atoms with Crippen molar-refractivity contribution in [2.24, 2.45) is 11.3 Å². The van der Waals surface area contributed by atoms with Crippen LogP contribution in [0.2, 0.25) is 0 Å². The molecule has 3 amide bonds. The molecule has 11 nitrogen and oxygen atoms in total. The number of amides is 3. The van der Waals surface area contributed by atoms with Gasteiger partial charge < -0.3 is 15.5 Å². The van der Waals surface area contributed by atoms with Crippen molar-refractivity contribution >= 4 is 17.6 Å². The fraction of sp³-hybridized carbons (Fsp3) is 0.583. The predicted molar refractivity (Wildman–Crippen MR) is 127 cm³/mol. The van der Waals surface area contributed by atoms with Gasteiger partial charge >= 0.3 is 6.03 Å². The minimum atomic E-state index is -2.71. The summed E-state index contributed by atoms with van der Waals surface area (Å²) in [5.41, 5.74) is 2.17. The molecule has 198 valence electrons. The van der Waals surface area contributed by atoms with Gasteiger partial charge in [-0.2, -0.15) is 5.10 Å². The van der Waals surface area contributed by atoms with Crippen LogP contribution in [0.25, 0.3) is 5.65 Å². The summed E-state index contributed by atoms with van der Waals surface area (Å²) in [5.74, 6) is -3.46. The number of nitrogens with one attached hydrogen (secondary N) is 2. The number of urea groups is 1. The zero-order chi connectivity index (χ0) is 26.4. The van der Waals surface area contributed by atoms with Crippen LogP contribution in [-0.4, -0.2) is 60.8 Å². The monoisotopic (exact) mass is 516 g/mol. The van der Waals surface area contributed by atoms with E-state index in [0.29, 0.717) is 36.7 Å². The quantitative estimate of drug-likeness (QED) is 0.514. The number of imidazole rings is 1. The van der Waals surface area contributed by atoms with Crippen molar-refractivity contribution < 1.29 is 23.0 Å². The number of carbonyl (C=O) groups excluding carboxylic acids is 2. The minimum absolute atomic E-state index is 0.0399. The fourth-order valence-electron chi connectivity index (χ4n) is 5.07. The molecule has 2 aliphatic rings. The van der Waals surface area contributed by atoms with Gasteiger partial charge in [0.25, 0.3) is 5.91 Å². The Balaban J connectivity index is 1.41. The number of aryl methyl sites for hydroxylation is 1. The highest BCUT2D eigenvalue weighted by atomic mass is 19.3. The summed E-state index contributed by atoms with van der Waals surface area (Å²) in [6.45, 7) is 7.38. The van der Waals surface area contributed by atoms with Crippen LogP contribution in [0.4, 0.5) is 13.6 Å². The molecule has 1 saturated heterocycles. The number of alkyl halides is 2. The van der Waals surface area contributed by atoms with Crippen LogP contribution in [0.5, 0.6) is 0 Å². The highest BCUT2D eigenvalue weighted by molar-refractivity contribution is 5.93. The van der Waals surface area contributed by atoms with Gasteiger partial charge in [-0.15, -0.1) is 0 Å². The Morgan fingerprint density at radius 2 is 2.05 bits per heavy atom. The Labute approximate surface area is 211 Å². The first-order valence-corrected chi connectivity index (χ1v) is 12.3. The molecule has 4 heterocycles. The minimum Gasteiger partial charge on any atom is -0.342 e. The standard InChI is InChI=1S/C24H30F2N8O3/c1-14-19(32-37-31-14)21(35)30-20(16-4-6-24(25,26)7-5-16)17-11-34-18(29-17)8-15(9-28-34)10-33-13-23(2,3)12-27-22(33)36/h8-9,11,16,20H,4-7,10,12-13H2,1-3H3,(H,27,36)(H,30,35)/t20-/m0/s1. The van der Waals surface area contributed by atoms with Crippen LogP contribution in [0.3, 0.4) is 0 Å². The van der Waals surface area contributed by atoms with Crippen LogP contribution in [0.1, 0.15) is 73.0 Å². The second-order valence-corrected chi connectivity index (χ2v) is 10.9. The molecule has 5 rings (SSSR count). The lowest BCUT2D eigenvalue weighted by Gasteiger charge is -2.38. The lowest BCUT2D eigenvalue weighted by atomic mass is 9.81. The van der Waals surface area contributed by atoms with E-state index in [-0.39, 0.29) is 48.7 Å². The van der Waals surface area contributed by atoms with Crippen molar-refractivity contribution in [2.45, 2.75) is 65.0 Å². The lowest BCUT2D eigenvalue weighted by molar-refractivity contribution is -0.0495. The van der Waals surface area contributed by atoms with Crippen molar-refractivity contribution in [3.63, 3.8) is 0 Å². The Kier molecular flexibility index (Phi) is 6.32. The zero-order valence-electron chi connectivity index (χ0n) is 21.0. The summed E-state index contributed by atoms with van der Waals surface area (Å²) in [6, 6.07) is 1.08. The average molecular weight is 517 g/mol. The summed E-state index contributed by atoms with van der Waals surface area (Å²) < 4.78 is 34.0. The SMILES string of the molecule is Cc1nonc1C(=O)N[C@H](c1cn2ncc(CN3CC(C)(C)CNC3=O)cc2n1)C1CCC(F)(F)CC1. The number of aromatic nitrogens is 5. The average Bonchev–Trinajstić information content (AvgIpc) is 3.45. The molecule has 37 heavy (non-hydrogen) atoms. The first-order chi connectivity index (χ1) is 17.5. The number of nitrogens with zero attached hydrogens (tertiary/aromatic N) is 6. The Morgan fingerprint density at radius 1 is 1.30 bits per heavy atom. The normalized spacial score (nSPS) is 20.6. The molecule has 1 atom stereocenters. The molecular formula is C24H30F2N8O3. The van der Waals surface area contributed by atoms with E-state index in [0.717, 1.165) is 5.56 Å². The highest BCUT2D eigenvalue weighted by Gasteiger charge is 2.40. The molecule has 0 spiro atoms. The number of fused-ring (bicyclic) bond motifs is 1. The number of rotatable bonds is 6. The lowest BCUT2D eigenvalue weighted by Crippen LogP contribution is -2.54. The molecule has 0 aromatic carbocycles. The highest BCUT2D eigenvalue weighted by Crippen LogP contribution is 2.41. The van der Waals surface area contributed by atoms with Crippen LogP contribution >= 0.6 is 0 Å². The smallest absolute Gasteiger partial charge is 0.317 e. The van der Waals surface area contributed by atoms with Gasteiger partial charge in [-0.05, 0) is 47.9 Å². The van der Waals surface area contributed by atoms with Crippen molar-refractivity contribution in [3.8, 4) is 0 Å². The number of halogens is 2. The first-order valence-electron chi connectivity index (χ1n) is 12.3. The number of carbonyl (C=O) groups is 2. The molecule has 1 saturated carbocycles. The largest absolute Gasteiger partial charge is 0.342 e. The van der Waals surface area contributed by atoms with Gasteiger partial charge in [0.05, 0.1) is 24.1 Å². The topological polar surface area (TPSA) is 131 Å². The summed E-state index contributed by atoms with van der Waals surface area (Å²) in [6.07, 6.45) is 3.34. The van der Waals surface area contributed by atoms with E-state index in [1.54, 1.807) is 28.7 Å².